The Kier molecular flexibility index (Phi) is 5.72. The zero-order valence-electron chi connectivity index (χ0n) is 17.1. The fraction of sp³-hybridized carbons (Fsp3) is 0.200. The van der Waals surface area contributed by atoms with Crippen molar-refractivity contribution in [2.24, 2.45) is 0 Å². The predicted molar refractivity (Wildman–Crippen MR) is 126 cm³/mol. The molecule has 0 aliphatic carbocycles. The SMILES string of the molecule is CCCCc1cc2cc(-c3ccc(-c4ccc(S(C)(=O)=O)cc4)cc3)c(Cl)cc2[nH]1. The van der Waals surface area contributed by atoms with Crippen LogP contribution in [0.3, 0.4) is 0 Å². The molecule has 0 fully saturated rings. The number of nitrogens with one attached hydrogen (secondary N) is 1. The number of hydrogen-bond acceptors (Lipinski definition) is 2. The molecule has 0 unspecified atom stereocenters. The van der Waals surface area contributed by atoms with Crippen LogP contribution in [0.4, 0.5) is 0 Å². The maximum Gasteiger partial charge on any atom is 0.175 e. The Labute approximate surface area is 182 Å². The van der Waals surface area contributed by atoms with E-state index in [1.807, 2.05) is 30.3 Å². The van der Waals surface area contributed by atoms with Crippen LogP contribution in [-0.4, -0.2) is 19.7 Å². The van der Waals surface area contributed by atoms with Crippen LogP contribution in [0.15, 0.2) is 71.6 Å². The van der Waals surface area contributed by atoms with Gasteiger partial charge in [-0.25, -0.2) is 8.42 Å². The monoisotopic (exact) mass is 437 g/mol. The Morgan fingerprint density at radius 1 is 0.867 bits per heavy atom. The van der Waals surface area contributed by atoms with E-state index in [1.54, 1.807) is 12.1 Å². The minimum atomic E-state index is -3.19. The lowest BCUT2D eigenvalue weighted by Gasteiger charge is -2.08. The Morgan fingerprint density at radius 2 is 1.47 bits per heavy atom. The van der Waals surface area contributed by atoms with Crippen molar-refractivity contribution < 1.29 is 8.42 Å². The second-order valence-electron chi connectivity index (χ2n) is 7.69. The lowest BCUT2D eigenvalue weighted by Crippen LogP contribution is -1.96. The number of halogens is 1. The molecule has 5 heteroatoms. The largest absolute Gasteiger partial charge is 0.358 e. The molecule has 4 rings (SSSR count). The van der Waals surface area contributed by atoms with Crippen LogP contribution in [0.2, 0.25) is 5.02 Å². The number of fused-ring (bicyclic) bond motifs is 1. The molecule has 1 aromatic heterocycles. The van der Waals surface area contributed by atoms with Crippen molar-refractivity contribution in [1.82, 2.24) is 4.98 Å². The van der Waals surface area contributed by atoms with Crippen molar-refractivity contribution in [2.45, 2.75) is 31.1 Å². The highest BCUT2D eigenvalue weighted by Crippen LogP contribution is 2.34. The van der Waals surface area contributed by atoms with E-state index in [-0.39, 0.29) is 0 Å². The quantitative estimate of drug-likeness (QED) is 0.356. The van der Waals surface area contributed by atoms with Crippen LogP contribution in [0, 0.1) is 0 Å². The van der Waals surface area contributed by atoms with Crippen LogP contribution in [0.25, 0.3) is 33.2 Å². The summed E-state index contributed by atoms with van der Waals surface area (Å²) in [5, 5.41) is 1.89. The molecular formula is C25H24ClNO2S. The average Bonchev–Trinajstić information content (AvgIpc) is 3.13. The van der Waals surface area contributed by atoms with Crippen molar-refractivity contribution in [1.29, 1.82) is 0 Å². The number of hydrogen-bond donors (Lipinski definition) is 1. The van der Waals surface area contributed by atoms with Gasteiger partial charge in [-0.05, 0) is 59.9 Å². The third kappa shape index (κ3) is 4.30. The Bertz CT molecular complexity index is 1290. The third-order valence-corrected chi connectivity index (χ3v) is 6.82. The van der Waals surface area contributed by atoms with E-state index < -0.39 is 9.84 Å². The van der Waals surface area contributed by atoms with Crippen LogP contribution >= 0.6 is 11.6 Å². The van der Waals surface area contributed by atoms with Crippen molar-refractivity contribution in [3.63, 3.8) is 0 Å². The number of aryl methyl sites for hydroxylation is 1. The molecule has 30 heavy (non-hydrogen) atoms. The van der Waals surface area contributed by atoms with E-state index in [4.69, 9.17) is 11.6 Å². The van der Waals surface area contributed by atoms with Crippen molar-refractivity contribution >= 4 is 32.3 Å². The van der Waals surface area contributed by atoms with E-state index in [0.717, 1.165) is 39.2 Å². The van der Waals surface area contributed by atoms with Gasteiger partial charge in [-0.1, -0.05) is 61.3 Å². The zero-order chi connectivity index (χ0) is 21.3. The second kappa shape index (κ2) is 8.29. The predicted octanol–water partition coefficient (Wildman–Crippen LogP) is 6.90. The summed E-state index contributed by atoms with van der Waals surface area (Å²) in [5.74, 6) is 0. The normalized spacial score (nSPS) is 11.8. The van der Waals surface area contributed by atoms with Crippen LogP contribution in [0.1, 0.15) is 25.5 Å². The Hall–Kier alpha value is -2.56. The zero-order valence-corrected chi connectivity index (χ0v) is 18.6. The van der Waals surface area contributed by atoms with Crippen molar-refractivity contribution in [3.05, 3.63) is 77.4 Å². The Morgan fingerprint density at radius 3 is 2.07 bits per heavy atom. The molecule has 0 saturated heterocycles. The van der Waals surface area contributed by atoms with Gasteiger partial charge in [0.15, 0.2) is 9.84 Å². The van der Waals surface area contributed by atoms with E-state index >= 15 is 0 Å². The number of benzene rings is 3. The summed E-state index contributed by atoms with van der Waals surface area (Å²) in [6.45, 7) is 2.20. The molecule has 0 saturated carbocycles. The standard InChI is InChI=1S/C25H24ClNO2S/c1-3-4-5-21-14-20-15-23(24(26)16-25(20)27-21)19-8-6-17(7-9-19)18-10-12-22(13-11-18)30(2,28)29/h6-16,27H,3-5H2,1-2H3. The first-order valence-electron chi connectivity index (χ1n) is 10.1. The number of aromatic nitrogens is 1. The lowest BCUT2D eigenvalue weighted by atomic mass is 9.99. The van der Waals surface area contributed by atoms with Crippen molar-refractivity contribution in [2.75, 3.05) is 6.26 Å². The van der Waals surface area contributed by atoms with Gasteiger partial charge in [0.2, 0.25) is 0 Å². The van der Waals surface area contributed by atoms with Gasteiger partial charge in [-0.15, -0.1) is 0 Å². The molecule has 3 nitrogen and oxygen atoms in total. The minimum Gasteiger partial charge on any atom is -0.358 e. The Balaban J connectivity index is 1.63. The smallest absolute Gasteiger partial charge is 0.175 e. The van der Waals surface area contributed by atoms with Crippen molar-refractivity contribution in [3.8, 4) is 22.3 Å². The number of aromatic amines is 1. The molecule has 0 atom stereocenters. The summed E-state index contributed by atoms with van der Waals surface area (Å²) in [6.07, 6.45) is 4.60. The molecule has 1 N–H and O–H groups in total. The van der Waals surface area contributed by atoms with E-state index in [2.05, 4.69) is 36.2 Å². The molecule has 1 heterocycles. The molecule has 0 amide bonds. The summed E-state index contributed by atoms with van der Waals surface area (Å²) in [6, 6.07) is 21.5. The maximum absolute atomic E-state index is 11.6. The van der Waals surface area contributed by atoms with Crippen LogP contribution < -0.4 is 0 Å². The molecule has 0 aliphatic heterocycles. The third-order valence-electron chi connectivity index (χ3n) is 5.38. The lowest BCUT2D eigenvalue weighted by molar-refractivity contribution is 0.602. The number of rotatable bonds is 6. The first-order valence-corrected chi connectivity index (χ1v) is 12.3. The first-order chi connectivity index (χ1) is 14.3. The van der Waals surface area contributed by atoms with Gasteiger partial charge in [0.05, 0.1) is 9.92 Å². The molecule has 154 valence electrons. The molecule has 0 aliphatic rings. The molecule has 0 spiro atoms. The first kappa shape index (κ1) is 20.7. The van der Waals surface area contributed by atoms with E-state index in [0.29, 0.717) is 4.90 Å². The molecule has 0 radical (unpaired) electrons. The summed E-state index contributed by atoms with van der Waals surface area (Å²) in [4.78, 5) is 3.79. The number of unbranched alkanes of at least 4 members (excludes halogenated alkanes) is 1. The average molecular weight is 438 g/mol. The molecule has 0 bridgehead atoms. The summed E-state index contributed by atoms with van der Waals surface area (Å²) in [7, 11) is -3.19. The maximum atomic E-state index is 11.6. The van der Waals surface area contributed by atoms with E-state index in [1.165, 1.54) is 30.2 Å². The van der Waals surface area contributed by atoms with Gasteiger partial charge >= 0.3 is 0 Å². The van der Waals surface area contributed by atoms with Gasteiger partial charge in [0, 0.05) is 28.4 Å². The van der Waals surface area contributed by atoms with Gasteiger partial charge in [0.1, 0.15) is 0 Å². The van der Waals surface area contributed by atoms with Gasteiger partial charge in [0.25, 0.3) is 0 Å². The second-order valence-corrected chi connectivity index (χ2v) is 10.1. The summed E-state index contributed by atoms with van der Waals surface area (Å²) >= 11 is 6.59. The molecular weight excluding hydrogens is 414 g/mol. The summed E-state index contributed by atoms with van der Waals surface area (Å²) < 4.78 is 23.3. The van der Waals surface area contributed by atoms with E-state index in [9.17, 15) is 8.42 Å². The number of sulfone groups is 1. The fourth-order valence-electron chi connectivity index (χ4n) is 3.67. The van der Waals surface area contributed by atoms with Gasteiger partial charge in [-0.2, -0.15) is 0 Å². The highest BCUT2D eigenvalue weighted by molar-refractivity contribution is 7.90. The van der Waals surface area contributed by atoms with Crippen LogP contribution in [-0.2, 0) is 16.3 Å². The van der Waals surface area contributed by atoms with Crippen LogP contribution in [0.5, 0.6) is 0 Å². The molecule has 3 aromatic carbocycles. The summed E-state index contributed by atoms with van der Waals surface area (Å²) in [5.41, 5.74) is 6.37. The molecule has 4 aromatic rings. The van der Waals surface area contributed by atoms with Gasteiger partial charge in [-0.3, -0.25) is 0 Å². The van der Waals surface area contributed by atoms with Gasteiger partial charge < -0.3 is 4.98 Å². The topological polar surface area (TPSA) is 49.9 Å². The minimum absolute atomic E-state index is 0.327. The highest BCUT2D eigenvalue weighted by Gasteiger charge is 2.10. The number of H-pyrrole nitrogens is 1. The fourth-order valence-corrected chi connectivity index (χ4v) is 4.58. The highest BCUT2D eigenvalue weighted by atomic mass is 35.5.